The Morgan fingerprint density at radius 3 is 2.21 bits per heavy atom. The molecular formula is C29H34ClN3O5S. The van der Waals surface area contributed by atoms with Crippen molar-refractivity contribution < 1.29 is 22.7 Å². The van der Waals surface area contributed by atoms with Crippen LogP contribution in [0, 0.1) is 6.92 Å². The second kappa shape index (κ2) is 13.5. The SMILES string of the molecule is CCNC(=O)[C@@H](C)N(Cc1ccccc1C)C(=O)CN(c1ccc(OCC)cc1)S(=O)(=O)c1ccc(Cl)cc1. The van der Waals surface area contributed by atoms with Crippen LogP contribution in [0.25, 0.3) is 0 Å². The lowest BCUT2D eigenvalue weighted by Crippen LogP contribution is -2.51. The molecule has 0 saturated carbocycles. The van der Waals surface area contributed by atoms with Crippen LogP contribution in [0.15, 0.2) is 77.7 Å². The van der Waals surface area contributed by atoms with Crippen molar-refractivity contribution in [1.29, 1.82) is 0 Å². The molecule has 0 radical (unpaired) electrons. The van der Waals surface area contributed by atoms with E-state index in [1.54, 1.807) is 38.1 Å². The third-order valence-corrected chi connectivity index (χ3v) is 8.28. The van der Waals surface area contributed by atoms with Gasteiger partial charge in [-0.15, -0.1) is 0 Å². The third kappa shape index (κ3) is 7.52. The summed E-state index contributed by atoms with van der Waals surface area (Å²) in [6, 6.07) is 18.9. The van der Waals surface area contributed by atoms with E-state index >= 15 is 0 Å². The monoisotopic (exact) mass is 571 g/mol. The van der Waals surface area contributed by atoms with Gasteiger partial charge in [0.25, 0.3) is 10.0 Å². The first-order valence-corrected chi connectivity index (χ1v) is 14.5. The molecule has 1 atom stereocenters. The van der Waals surface area contributed by atoms with Gasteiger partial charge in [0.05, 0.1) is 17.2 Å². The molecule has 8 nitrogen and oxygen atoms in total. The summed E-state index contributed by atoms with van der Waals surface area (Å²) >= 11 is 5.99. The van der Waals surface area contributed by atoms with Crippen molar-refractivity contribution in [3.05, 3.63) is 88.9 Å². The summed E-state index contributed by atoms with van der Waals surface area (Å²) in [5.41, 5.74) is 2.09. The van der Waals surface area contributed by atoms with Crippen molar-refractivity contribution in [2.45, 2.75) is 45.2 Å². The predicted octanol–water partition coefficient (Wildman–Crippen LogP) is 4.80. The van der Waals surface area contributed by atoms with Gasteiger partial charge >= 0.3 is 0 Å². The van der Waals surface area contributed by atoms with Crippen LogP contribution < -0.4 is 14.4 Å². The Kier molecular flexibility index (Phi) is 10.4. The summed E-state index contributed by atoms with van der Waals surface area (Å²) in [5.74, 6) is -0.279. The summed E-state index contributed by atoms with van der Waals surface area (Å²) in [5, 5.41) is 3.14. The van der Waals surface area contributed by atoms with Gasteiger partial charge in [-0.05, 0) is 87.4 Å². The highest BCUT2D eigenvalue weighted by molar-refractivity contribution is 7.92. The Balaban J connectivity index is 2.04. The Bertz CT molecular complexity index is 1380. The Morgan fingerprint density at radius 2 is 1.62 bits per heavy atom. The first kappa shape index (κ1) is 30.0. The number of anilines is 1. The maximum absolute atomic E-state index is 13.9. The normalized spacial score (nSPS) is 11.9. The maximum Gasteiger partial charge on any atom is 0.264 e. The number of nitrogens with zero attached hydrogens (tertiary/aromatic N) is 2. The predicted molar refractivity (Wildman–Crippen MR) is 153 cm³/mol. The van der Waals surface area contributed by atoms with Crippen molar-refractivity contribution in [3.8, 4) is 5.75 Å². The van der Waals surface area contributed by atoms with E-state index in [0.29, 0.717) is 23.9 Å². The lowest BCUT2D eigenvalue weighted by atomic mass is 10.1. The van der Waals surface area contributed by atoms with Crippen molar-refractivity contribution in [1.82, 2.24) is 10.2 Å². The molecule has 3 rings (SSSR count). The highest BCUT2D eigenvalue weighted by atomic mass is 35.5. The molecule has 0 bridgehead atoms. The zero-order chi connectivity index (χ0) is 28.6. The first-order chi connectivity index (χ1) is 18.6. The van der Waals surface area contributed by atoms with E-state index in [1.807, 2.05) is 38.1 Å². The van der Waals surface area contributed by atoms with E-state index in [4.69, 9.17) is 16.3 Å². The van der Waals surface area contributed by atoms with Crippen molar-refractivity contribution in [2.24, 2.45) is 0 Å². The van der Waals surface area contributed by atoms with Gasteiger partial charge < -0.3 is 15.0 Å². The van der Waals surface area contributed by atoms with Gasteiger partial charge in [0.15, 0.2) is 0 Å². The van der Waals surface area contributed by atoms with Gasteiger partial charge in [0, 0.05) is 18.1 Å². The number of hydrogen-bond donors (Lipinski definition) is 1. The second-order valence-corrected chi connectivity index (χ2v) is 11.2. The molecule has 0 heterocycles. The number of ether oxygens (including phenoxy) is 1. The minimum Gasteiger partial charge on any atom is -0.494 e. The molecule has 0 saturated heterocycles. The van der Waals surface area contributed by atoms with Gasteiger partial charge in [0.2, 0.25) is 11.8 Å². The van der Waals surface area contributed by atoms with E-state index in [1.165, 1.54) is 29.2 Å². The van der Waals surface area contributed by atoms with Crippen LogP contribution in [0.5, 0.6) is 5.75 Å². The van der Waals surface area contributed by atoms with Crippen LogP contribution in [0.3, 0.4) is 0 Å². The number of aryl methyl sites for hydroxylation is 1. The fourth-order valence-electron chi connectivity index (χ4n) is 4.01. The van der Waals surface area contributed by atoms with Gasteiger partial charge in [-0.3, -0.25) is 13.9 Å². The third-order valence-electron chi connectivity index (χ3n) is 6.24. The first-order valence-electron chi connectivity index (χ1n) is 12.7. The number of hydrogen-bond acceptors (Lipinski definition) is 5. The number of carbonyl (C=O) groups is 2. The van der Waals surface area contributed by atoms with Gasteiger partial charge in [0.1, 0.15) is 18.3 Å². The van der Waals surface area contributed by atoms with Crippen LogP contribution >= 0.6 is 11.6 Å². The van der Waals surface area contributed by atoms with E-state index in [-0.39, 0.29) is 23.0 Å². The van der Waals surface area contributed by atoms with E-state index in [0.717, 1.165) is 15.4 Å². The molecule has 0 aliphatic heterocycles. The van der Waals surface area contributed by atoms with E-state index in [2.05, 4.69) is 5.32 Å². The zero-order valence-corrected chi connectivity index (χ0v) is 24.1. The summed E-state index contributed by atoms with van der Waals surface area (Å²) < 4.78 is 34.2. The number of sulfonamides is 1. The Morgan fingerprint density at radius 1 is 0.974 bits per heavy atom. The van der Waals surface area contributed by atoms with E-state index < -0.39 is 28.5 Å². The Hall–Kier alpha value is -3.56. The number of likely N-dealkylation sites (N-methyl/N-ethyl adjacent to an activating group) is 1. The van der Waals surface area contributed by atoms with Crippen LogP contribution in [-0.2, 0) is 26.2 Å². The summed E-state index contributed by atoms with van der Waals surface area (Å²) in [6.45, 7) is 7.68. The molecule has 208 valence electrons. The molecule has 0 aliphatic carbocycles. The number of amides is 2. The molecule has 3 aromatic rings. The lowest BCUT2D eigenvalue weighted by molar-refractivity contribution is -0.139. The highest BCUT2D eigenvalue weighted by Gasteiger charge is 2.32. The van der Waals surface area contributed by atoms with Crippen LogP contribution in [0.1, 0.15) is 31.9 Å². The smallest absolute Gasteiger partial charge is 0.264 e. The average Bonchev–Trinajstić information content (AvgIpc) is 2.92. The number of rotatable bonds is 12. The maximum atomic E-state index is 13.9. The molecule has 0 aromatic heterocycles. The topological polar surface area (TPSA) is 96.0 Å². The van der Waals surface area contributed by atoms with Crippen molar-refractivity contribution >= 4 is 39.1 Å². The highest BCUT2D eigenvalue weighted by Crippen LogP contribution is 2.27. The van der Waals surface area contributed by atoms with Crippen molar-refractivity contribution in [3.63, 3.8) is 0 Å². The van der Waals surface area contributed by atoms with Gasteiger partial charge in [-0.2, -0.15) is 0 Å². The number of carbonyl (C=O) groups excluding carboxylic acids is 2. The molecule has 0 fully saturated rings. The van der Waals surface area contributed by atoms with Gasteiger partial charge in [-0.1, -0.05) is 35.9 Å². The summed E-state index contributed by atoms with van der Waals surface area (Å²) in [4.78, 5) is 28.1. The van der Waals surface area contributed by atoms with Crippen LogP contribution in [-0.4, -0.2) is 50.9 Å². The number of nitrogens with one attached hydrogen (secondary N) is 1. The quantitative estimate of drug-likeness (QED) is 0.337. The molecule has 0 aliphatic rings. The van der Waals surface area contributed by atoms with Crippen LogP contribution in [0.2, 0.25) is 5.02 Å². The fraction of sp³-hybridized carbons (Fsp3) is 0.310. The lowest BCUT2D eigenvalue weighted by Gasteiger charge is -2.32. The number of halogens is 1. The minimum atomic E-state index is -4.18. The minimum absolute atomic E-state index is 0.0178. The standard InChI is InChI=1S/C29H34ClN3O5S/c1-5-31-29(35)22(4)32(19-23-10-8-7-9-21(23)3)28(34)20-33(25-13-15-26(16-14-25)38-6-2)39(36,37)27-17-11-24(30)12-18-27/h7-18,22H,5-6,19-20H2,1-4H3,(H,31,35)/t22-/m1/s1. The van der Waals surface area contributed by atoms with E-state index in [9.17, 15) is 18.0 Å². The molecule has 39 heavy (non-hydrogen) atoms. The average molecular weight is 572 g/mol. The largest absolute Gasteiger partial charge is 0.494 e. The van der Waals surface area contributed by atoms with Crippen molar-refractivity contribution in [2.75, 3.05) is 24.0 Å². The molecule has 3 aromatic carbocycles. The Labute approximate surface area is 235 Å². The molecular weight excluding hydrogens is 538 g/mol. The molecule has 1 N–H and O–H groups in total. The molecule has 0 unspecified atom stereocenters. The molecule has 10 heteroatoms. The molecule has 0 spiro atoms. The second-order valence-electron chi connectivity index (χ2n) is 8.91. The van der Waals surface area contributed by atoms with Crippen LogP contribution in [0.4, 0.5) is 5.69 Å². The molecule has 2 amide bonds. The van der Waals surface area contributed by atoms with Gasteiger partial charge in [-0.25, -0.2) is 8.42 Å². The summed E-state index contributed by atoms with van der Waals surface area (Å²) in [7, 11) is -4.18. The summed E-state index contributed by atoms with van der Waals surface area (Å²) in [6.07, 6.45) is 0. The zero-order valence-electron chi connectivity index (χ0n) is 22.6. The fourth-order valence-corrected chi connectivity index (χ4v) is 5.55. The number of benzene rings is 3.